The first-order valence-electron chi connectivity index (χ1n) is 7.68. The van der Waals surface area contributed by atoms with Gasteiger partial charge in [0.05, 0.1) is 0 Å². The molecule has 0 aromatic carbocycles. The zero-order valence-corrected chi connectivity index (χ0v) is 11.5. The summed E-state index contributed by atoms with van der Waals surface area (Å²) in [6.07, 6.45) is 6.99. The Kier molecular flexibility index (Phi) is 4.02. The van der Waals surface area contributed by atoms with Gasteiger partial charge in [-0.1, -0.05) is 13.0 Å². The first-order chi connectivity index (χ1) is 8.81. The van der Waals surface area contributed by atoms with Crippen molar-refractivity contribution in [1.82, 2.24) is 15.1 Å². The lowest BCUT2D eigenvalue weighted by Gasteiger charge is -2.44. The summed E-state index contributed by atoms with van der Waals surface area (Å²) in [4.78, 5) is 5.31. The van der Waals surface area contributed by atoms with Gasteiger partial charge in [0.25, 0.3) is 0 Å². The minimum atomic E-state index is 0.803. The first-order valence-corrected chi connectivity index (χ1v) is 7.68. The lowest BCUT2D eigenvalue weighted by molar-refractivity contribution is 0.0538. The highest BCUT2D eigenvalue weighted by molar-refractivity contribution is 5.03. The molecule has 2 saturated heterocycles. The fourth-order valence-electron chi connectivity index (χ4n) is 3.31. The molecule has 1 saturated carbocycles. The smallest absolute Gasteiger partial charge is 0.0223 e. The Hall–Kier alpha value is -0.380. The van der Waals surface area contributed by atoms with Crippen LogP contribution in [0.3, 0.4) is 0 Å². The van der Waals surface area contributed by atoms with Crippen LogP contribution in [0.25, 0.3) is 0 Å². The molecule has 0 radical (unpaired) electrons. The van der Waals surface area contributed by atoms with Crippen LogP contribution in [-0.4, -0.2) is 61.2 Å². The second kappa shape index (κ2) is 5.72. The van der Waals surface area contributed by atoms with Gasteiger partial charge < -0.3 is 5.32 Å². The number of hydrogen-bond acceptors (Lipinski definition) is 3. The molecular weight excluding hydrogens is 222 g/mol. The van der Waals surface area contributed by atoms with E-state index in [1.165, 1.54) is 63.9 Å². The summed E-state index contributed by atoms with van der Waals surface area (Å²) >= 11 is 0. The fourth-order valence-corrected chi connectivity index (χ4v) is 3.31. The van der Waals surface area contributed by atoms with E-state index in [-0.39, 0.29) is 0 Å². The highest BCUT2D eigenvalue weighted by Gasteiger charge is 2.28. The predicted molar refractivity (Wildman–Crippen MR) is 75.8 cm³/mol. The Morgan fingerprint density at radius 3 is 2.83 bits per heavy atom. The lowest BCUT2D eigenvalue weighted by Crippen LogP contribution is -2.55. The molecule has 1 N–H and O–H groups in total. The molecule has 3 heteroatoms. The highest BCUT2D eigenvalue weighted by Crippen LogP contribution is 2.22. The molecule has 1 aliphatic carbocycles. The van der Waals surface area contributed by atoms with Gasteiger partial charge in [-0.2, -0.15) is 0 Å². The molecule has 3 fully saturated rings. The Bertz CT molecular complexity index is 298. The number of piperidine rings is 1. The van der Waals surface area contributed by atoms with Crippen molar-refractivity contribution in [2.24, 2.45) is 0 Å². The van der Waals surface area contributed by atoms with Crippen LogP contribution in [0.15, 0.2) is 12.2 Å². The minimum Gasteiger partial charge on any atom is -0.310 e. The summed E-state index contributed by atoms with van der Waals surface area (Å²) in [7, 11) is 0. The van der Waals surface area contributed by atoms with Crippen molar-refractivity contribution in [3.63, 3.8) is 0 Å². The van der Waals surface area contributed by atoms with Gasteiger partial charge in [0.15, 0.2) is 0 Å². The van der Waals surface area contributed by atoms with Crippen LogP contribution in [0.2, 0.25) is 0 Å². The van der Waals surface area contributed by atoms with Gasteiger partial charge in [0, 0.05) is 44.8 Å². The molecule has 0 aromatic rings. The molecule has 0 aromatic heterocycles. The first kappa shape index (κ1) is 12.6. The van der Waals surface area contributed by atoms with Crippen molar-refractivity contribution in [3.8, 4) is 0 Å². The zero-order chi connectivity index (χ0) is 12.4. The van der Waals surface area contributed by atoms with Crippen LogP contribution in [0.4, 0.5) is 0 Å². The van der Waals surface area contributed by atoms with Gasteiger partial charge in [-0.05, 0) is 37.8 Å². The van der Waals surface area contributed by atoms with E-state index in [9.17, 15) is 0 Å². The maximum Gasteiger partial charge on any atom is 0.0223 e. The van der Waals surface area contributed by atoms with E-state index in [1.807, 2.05) is 0 Å². The van der Waals surface area contributed by atoms with Gasteiger partial charge in [0.1, 0.15) is 0 Å². The largest absolute Gasteiger partial charge is 0.310 e. The molecular formula is C15H27N3. The molecule has 0 spiro atoms. The predicted octanol–water partition coefficient (Wildman–Crippen LogP) is 1.46. The molecule has 3 nitrogen and oxygen atoms in total. The second-order valence-corrected chi connectivity index (χ2v) is 6.33. The molecule has 3 aliphatic rings. The minimum absolute atomic E-state index is 0.803. The van der Waals surface area contributed by atoms with Crippen molar-refractivity contribution in [2.75, 3.05) is 39.3 Å². The SMILES string of the molecule is C=C(CNC1CC1)CN1CCN2CCCCC2C1. The number of fused-ring (bicyclic) bond motifs is 1. The van der Waals surface area contributed by atoms with Crippen LogP contribution >= 0.6 is 0 Å². The van der Waals surface area contributed by atoms with Gasteiger partial charge >= 0.3 is 0 Å². The van der Waals surface area contributed by atoms with E-state index in [4.69, 9.17) is 0 Å². The third kappa shape index (κ3) is 3.34. The molecule has 1 atom stereocenters. The Balaban J connectivity index is 1.40. The van der Waals surface area contributed by atoms with Crippen molar-refractivity contribution in [1.29, 1.82) is 0 Å². The normalized spacial score (nSPS) is 30.1. The molecule has 0 amide bonds. The van der Waals surface area contributed by atoms with Crippen LogP contribution < -0.4 is 5.32 Å². The van der Waals surface area contributed by atoms with Crippen LogP contribution in [0.5, 0.6) is 0 Å². The number of piperazine rings is 1. The number of hydrogen-bond donors (Lipinski definition) is 1. The summed E-state index contributed by atoms with van der Waals surface area (Å²) in [5, 5.41) is 3.57. The van der Waals surface area contributed by atoms with Crippen molar-refractivity contribution < 1.29 is 0 Å². The summed E-state index contributed by atoms with van der Waals surface area (Å²) in [6, 6.07) is 1.63. The van der Waals surface area contributed by atoms with Crippen molar-refractivity contribution >= 4 is 0 Å². The molecule has 18 heavy (non-hydrogen) atoms. The molecule has 3 rings (SSSR count). The standard InChI is InChI=1S/C15H27N3/c1-13(10-16-14-5-6-14)11-17-8-9-18-7-3-2-4-15(18)12-17/h14-16H,1-12H2. The van der Waals surface area contributed by atoms with Crippen molar-refractivity contribution in [2.45, 2.75) is 44.2 Å². The van der Waals surface area contributed by atoms with E-state index < -0.39 is 0 Å². The monoisotopic (exact) mass is 249 g/mol. The third-order valence-electron chi connectivity index (χ3n) is 4.59. The van der Waals surface area contributed by atoms with Gasteiger partial charge in [-0.25, -0.2) is 0 Å². The molecule has 102 valence electrons. The Labute approximate surface area is 111 Å². The fraction of sp³-hybridized carbons (Fsp3) is 0.867. The van der Waals surface area contributed by atoms with Crippen LogP contribution in [0.1, 0.15) is 32.1 Å². The Morgan fingerprint density at radius 1 is 1.11 bits per heavy atom. The van der Waals surface area contributed by atoms with Gasteiger partial charge in [-0.3, -0.25) is 9.80 Å². The highest BCUT2D eigenvalue weighted by atomic mass is 15.3. The molecule has 2 aliphatic heterocycles. The summed E-state index contributed by atoms with van der Waals surface area (Å²) in [6.45, 7) is 11.5. The third-order valence-corrected chi connectivity index (χ3v) is 4.59. The van der Waals surface area contributed by atoms with Crippen LogP contribution in [-0.2, 0) is 0 Å². The maximum atomic E-state index is 4.23. The van der Waals surface area contributed by atoms with E-state index >= 15 is 0 Å². The average molecular weight is 249 g/mol. The summed E-state index contributed by atoms with van der Waals surface area (Å²) in [5.41, 5.74) is 1.37. The van der Waals surface area contributed by atoms with E-state index in [0.717, 1.165) is 25.2 Å². The van der Waals surface area contributed by atoms with E-state index in [0.29, 0.717) is 0 Å². The van der Waals surface area contributed by atoms with E-state index in [1.54, 1.807) is 0 Å². The van der Waals surface area contributed by atoms with Gasteiger partial charge in [0.2, 0.25) is 0 Å². The molecule has 1 unspecified atom stereocenters. The zero-order valence-electron chi connectivity index (χ0n) is 11.5. The summed E-state index contributed by atoms with van der Waals surface area (Å²) in [5.74, 6) is 0. The quantitative estimate of drug-likeness (QED) is 0.744. The lowest BCUT2D eigenvalue weighted by atomic mass is 9.99. The molecule has 2 heterocycles. The Morgan fingerprint density at radius 2 is 2.00 bits per heavy atom. The van der Waals surface area contributed by atoms with Crippen molar-refractivity contribution in [3.05, 3.63) is 12.2 Å². The molecule has 0 bridgehead atoms. The number of rotatable bonds is 5. The number of nitrogens with one attached hydrogen (secondary N) is 1. The summed E-state index contributed by atoms with van der Waals surface area (Å²) < 4.78 is 0. The van der Waals surface area contributed by atoms with Crippen LogP contribution in [0, 0.1) is 0 Å². The van der Waals surface area contributed by atoms with Gasteiger partial charge in [-0.15, -0.1) is 0 Å². The number of nitrogens with zero attached hydrogens (tertiary/aromatic N) is 2. The topological polar surface area (TPSA) is 18.5 Å². The maximum absolute atomic E-state index is 4.23. The second-order valence-electron chi connectivity index (χ2n) is 6.33. The average Bonchev–Trinajstić information content (AvgIpc) is 3.20. The van der Waals surface area contributed by atoms with E-state index in [2.05, 4.69) is 21.7 Å².